The molecule has 1 aromatic rings. The van der Waals surface area contributed by atoms with E-state index in [0.717, 1.165) is 31.2 Å². The van der Waals surface area contributed by atoms with Gasteiger partial charge in [0, 0.05) is 12.1 Å². The van der Waals surface area contributed by atoms with Gasteiger partial charge in [0.25, 0.3) is 0 Å². The largest absolute Gasteiger partial charge is 0.364 e. The van der Waals surface area contributed by atoms with Crippen molar-refractivity contribution in [3.05, 3.63) is 18.0 Å². The summed E-state index contributed by atoms with van der Waals surface area (Å²) in [4.78, 5) is 0. The third-order valence-corrected chi connectivity index (χ3v) is 5.18. The van der Waals surface area contributed by atoms with Crippen molar-refractivity contribution in [2.75, 3.05) is 12.3 Å². The van der Waals surface area contributed by atoms with E-state index >= 15 is 0 Å². The highest BCUT2D eigenvalue weighted by Gasteiger charge is 2.20. The average Bonchev–Trinajstić information content (AvgIpc) is 2.88. The van der Waals surface area contributed by atoms with Gasteiger partial charge in [-0.3, -0.25) is 0 Å². The first kappa shape index (κ1) is 14.5. The van der Waals surface area contributed by atoms with Crippen molar-refractivity contribution in [3.63, 3.8) is 0 Å². The van der Waals surface area contributed by atoms with E-state index in [2.05, 4.69) is 9.88 Å². The van der Waals surface area contributed by atoms with Crippen molar-refractivity contribution in [3.8, 4) is 0 Å². The van der Waals surface area contributed by atoms with Crippen LogP contribution in [0.25, 0.3) is 0 Å². The van der Waals surface area contributed by atoms with Crippen molar-refractivity contribution < 1.29 is 12.9 Å². The first-order valence-electron chi connectivity index (χ1n) is 7.01. The van der Waals surface area contributed by atoms with Gasteiger partial charge in [-0.15, -0.1) is 0 Å². The highest BCUT2D eigenvalue weighted by molar-refractivity contribution is 7.89. The third kappa shape index (κ3) is 5.32. The SMILES string of the molecule is O=S(=O)(CC1CCCCC1)NCCCc1cnoc1. The van der Waals surface area contributed by atoms with Crippen LogP contribution in [0.5, 0.6) is 0 Å². The normalized spacial score (nSPS) is 17.7. The Kier molecular flexibility index (Phi) is 5.39. The number of nitrogens with zero attached hydrogens (tertiary/aromatic N) is 1. The maximum absolute atomic E-state index is 11.9. The molecule has 1 fully saturated rings. The monoisotopic (exact) mass is 286 g/mol. The molecule has 0 spiro atoms. The van der Waals surface area contributed by atoms with E-state index in [1.807, 2.05) is 0 Å². The molecule has 0 unspecified atom stereocenters. The second-order valence-electron chi connectivity index (χ2n) is 5.32. The lowest BCUT2D eigenvalue weighted by atomic mass is 9.91. The molecule has 108 valence electrons. The molecule has 0 bridgehead atoms. The van der Waals surface area contributed by atoms with Gasteiger partial charge in [-0.25, -0.2) is 13.1 Å². The standard InChI is InChI=1S/C13H22N2O3S/c16-19(17,11-12-5-2-1-3-6-12)15-8-4-7-13-9-14-18-10-13/h9-10,12,15H,1-8,11H2. The average molecular weight is 286 g/mol. The van der Waals surface area contributed by atoms with Crippen molar-refractivity contribution in [1.29, 1.82) is 0 Å². The van der Waals surface area contributed by atoms with E-state index in [9.17, 15) is 8.42 Å². The van der Waals surface area contributed by atoms with Crippen molar-refractivity contribution in [1.82, 2.24) is 9.88 Å². The third-order valence-electron chi connectivity index (χ3n) is 3.63. The van der Waals surface area contributed by atoms with Gasteiger partial charge in [-0.1, -0.05) is 24.4 Å². The molecule has 1 heterocycles. The van der Waals surface area contributed by atoms with Crippen LogP contribution in [-0.2, 0) is 16.4 Å². The van der Waals surface area contributed by atoms with E-state index in [1.165, 1.54) is 19.3 Å². The minimum atomic E-state index is -3.11. The van der Waals surface area contributed by atoms with Gasteiger partial charge in [0.05, 0.1) is 11.9 Å². The van der Waals surface area contributed by atoms with Crippen molar-refractivity contribution in [2.24, 2.45) is 5.92 Å². The summed E-state index contributed by atoms with van der Waals surface area (Å²) in [6, 6.07) is 0. The second-order valence-corrected chi connectivity index (χ2v) is 7.17. The summed E-state index contributed by atoms with van der Waals surface area (Å²) in [7, 11) is -3.11. The summed E-state index contributed by atoms with van der Waals surface area (Å²) in [5.41, 5.74) is 1.01. The topological polar surface area (TPSA) is 72.2 Å². The Morgan fingerprint density at radius 2 is 2.11 bits per heavy atom. The van der Waals surface area contributed by atoms with Crippen molar-refractivity contribution >= 4 is 10.0 Å². The van der Waals surface area contributed by atoms with Crippen LogP contribution in [0.1, 0.15) is 44.1 Å². The molecule has 0 atom stereocenters. The van der Waals surface area contributed by atoms with Crippen LogP contribution in [0, 0.1) is 5.92 Å². The van der Waals surface area contributed by atoms with Crippen LogP contribution in [0.15, 0.2) is 17.0 Å². The lowest BCUT2D eigenvalue weighted by Crippen LogP contribution is -2.31. The zero-order valence-corrected chi connectivity index (χ0v) is 12.0. The number of aromatic nitrogens is 1. The van der Waals surface area contributed by atoms with Crippen LogP contribution in [0.4, 0.5) is 0 Å². The summed E-state index contributed by atoms with van der Waals surface area (Å²) >= 11 is 0. The molecule has 5 nitrogen and oxygen atoms in total. The molecule has 1 aromatic heterocycles. The van der Waals surface area contributed by atoms with E-state index in [-0.39, 0.29) is 0 Å². The molecular weight excluding hydrogens is 264 g/mol. The number of hydrogen-bond donors (Lipinski definition) is 1. The summed E-state index contributed by atoms with van der Waals surface area (Å²) < 4.78 is 31.3. The lowest BCUT2D eigenvalue weighted by Gasteiger charge is -2.21. The quantitative estimate of drug-likeness (QED) is 0.779. The predicted octanol–water partition coefficient (Wildman–Crippen LogP) is 2.11. The van der Waals surface area contributed by atoms with E-state index in [4.69, 9.17) is 4.52 Å². The fourth-order valence-electron chi connectivity index (χ4n) is 2.59. The lowest BCUT2D eigenvalue weighted by molar-refractivity contribution is 0.384. The Balaban J connectivity index is 1.65. The van der Waals surface area contributed by atoms with Crippen LogP contribution in [-0.4, -0.2) is 25.9 Å². The minimum Gasteiger partial charge on any atom is -0.364 e. The fourth-order valence-corrected chi connectivity index (χ4v) is 4.12. The zero-order chi connectivity index (χ0) is 13.6. The molecule has 0 aromatic carbocycles. The number of sulfonamides is 1. The van der Waals surface area contributed by atoms with Gasteiger partial charge in [0.15, 0.2) is 0 Å². The van der Waals surface area contributed by atoms with Gasteiger partial charge in [0.2, 0.25) is 10.0 Å². The first-order chi connectivity index (χ1) is 9.16. The van der Waals surface area contributed by atoms with Crippen molar-refractivity contribution in [2.45, 2.75) is 44.9 Å². The van der Waals surface area contributed by atoms with E-state index < -0.39 is 10.0 Å². The summed E-state index contributed by atoms with van der Waals surface area (Å²) in [5.74, 6) is 0.643. The molecule has 1 saturated carbocycles. The number of aryl methyl sites for hydroxylation is 1. The minimum absolute atomic E-state index is 0.292. The smallest absolute Gasteiger partial charge is 0.211 e. The van der Waals surface area contributed by atoms with Gasteiger partial charge in [-0.2, -0.15) is 0 Å². The summed E-state index contributed by atoms with van der Waals surface area (Å²) in [6.07, 6.45) is 10.5. The van der Waals surface area contributed by atoms with Crippen LogP contribution < -0.4 is 4.72 Å². The number of hydrogen-bond acceptors (Lipinski definition) is 4. The molecule has 1 aliphatic carbocycles. The van der Waals surface area contributed by atoms with Gasteiger partial charge in [0.1, 0.15) is 6.26 Å². The second kappa shape index (κ2) is 7.05. The molecule has 1 aliphatic rings. The Morgan fingerprint density at radius 3 is 2.79 bits per heavy atom. The first-order valence-corrected chi connectivity index (χ1v) is 8.66. The predicted molar refractivity (Wildman–Crippen MR) is 73.2 cm³/mol. The highest BCUT2D eigenvalue weighted by Crippen LogP contribution is 2.24. The molecule has 0 amide bonds. The molecular formula is C13H22N2O3S. The number of nitrogens with one attached hydrogen (secondary N) is 1. The Bertz CT molecular complexity index is 450. The van der Waals surface area contributed by atoms with E-state index in [0.29, 0.717) is 18.2 Å². The van der Waals surface area contributed by atoms with Gasteiger partial charge in [-0.05, 0) is 31.6 Å². The summed E-state index contributed by atoms with van der Waals surface area (Å²) in [5, 5.41) is 3.61. The Morgan fingerprint density at radius 1 is 1.32 bits per heavy atom. The number of rotatable bonds is 7. The maximum Gasteiger partial charge on any atom is 0.211 e. The molecule has 0 radical (unpaired) electrons. The molecule has 0 saturated heterocycles. The zero-order valence-electron chi connectivity index (χ0n) is 11.2. The summed E-state index contributed by atoms with van der Waals surface area (Å²) in [6.45, 7) is 0.486. The maximum atomic E-state index is 11.9. The van der Waals surface area contributed by atoms with Crippen LogP contribution in [0.2, 0.25) is 0 Å². The highest BCUT2D eigenvalue weighted by atomic mass is 32.2. The molecule has 1 N–H and O–H groups in total. The molecule has 0 aliphatic heterocycles. The molecule has 6 heteroatoms. The Hall–Kier alpha value is -0.880. The van der Waals surface area contributed by atoms with Gasteiger partial charge >= 0.3 is 0 Å². The molecule has 2 rings (SSSR count). The van der Waals surface area contributed by atoms with E-state index in [1.54, 1.807) is 12.5 Å². The van der Waals surface area contributed by atoms with Crippen LogP contribution in [0.3, 0.4) is 0 Å². The molecule has 19 heavy (non-hydrogen) atoms. The van der Waals surface area contributed by atoms with Crippen LogP contribution >= 0.6 is 0 Å². The fraction of sp³-hybridized carbons (Fsp3) is 0.769. The Labute approximate surface area is 114 Å². The van der Waals surface area contributed by atoms with Gasteiger partial charge < -0.3 is 4.52 Å².